The average Bonchev–Trinajstić information content (AvgIpc) is 3.55. The van der Waals surface area contributed by atoms with Crippen LogP contribution in [0.2, 0.25) is 0 Å². The molecule has 0 unspecified atom stereocenters. The lowest BCUT2D eigenvalue weighted by atomic mass is 9.83. The number of fused-ring (bicyclic) bond motifs is 1. The van der Waals surface area contributed by atoms with Crippen LogP contribution in [0.3, 0.4) is 0 Å². The van der Waals surface area contributed by atoms with E-state index in [1.165, 1.54) is 7.05 Å². The number of carboxylic acids is 1. The van der Waals surface area contributed by atoms with Crippen LogP contribution in [-0.4, -0.2) is 107 Å². The number of hydrogen-bond acceptors (Lipinski definition) is 6. The van der Waals surface area contributed by atoms with Crippen LogP contribution in [0.15, 0.2) is 18.2 Å². The summed E-state index contributed by atoms with van der Waals surface area (Å²) in [4.78, 5) is 57.8. The second kappa shape index (κ2) is 13.5. The fraction of sp³-hybridized carbons (Fsp3) is 0.667. The maximum absolute atomic E-state index is 13.6. The zero-order valence-corrected chi connectivity index (χ0v) is 24.1. The number of aliphatic carboxylic acids is 1. The summed E-state index contributed by atoms with van der Waals surface area (Å²) in [5.74, 6) is -1.25. The Morgan fingerprint density at radius 3 is 2.50 bits per heavy atom. The summed E-state index contributed by atoms with van der Waals surface area (Å²) >= 11 is 0. The highest BCUT2D eigenvalue weighted by molar-refractivity contribution is 5.96. The number of amides is 4. The van der Waals surface area contributed by atoms with E-state index in [1.807, 2.05) is 21.9 Å². The van der Waals surface area contributed by atoms with E-state index in [0.29, 0.717) is 45.8 Å². The molecule has 0 aromatic heterocycles. The summed E-state index contributed by atoms with van der Waals surface area (Å²) in [6.45, 7) is 7.50. The van der Waals surface area contributed by atoms with Gasteiger partial charge in [-0.3, -0.25) is 24.2 Å². The summed E-state index contributed by atoms with van der Waals surface area (Å²) < 4.78 is 5.67. The molecule has 1 N–H and O–H groups in total. The minimum atomic E-state index is -0.896. The van der Waals surface area contributed by atoms with Gasteiger partial charge in [0.25, 0.3) is 0 Å². The minimum Gasteiger partial charge on any atom is -0.493 e. The molecule has 2 saturated heterocycles. The molecule has 10 heteroatoms. The number of rotatable bonds is 13. The van der Waals surface area contributed by atoms with E-state index in [1.54, 1.807) is 4.90 Å². The number of benzene rings is 1. The lowest BCUT2D eigenvalue weighted by Crippen LogP contribution is -2.52. The van der Waals surface area contributed by atoms with Gasteiger partial charge in [-0.1, -0.05) is 38.8 Å². The van der Waals surface area contributed by atoms with Gasteiger partial charge < -0.3 is 19.6 Å². The lowest BCUT2D eigenvalue weighted by Gasteiger charge is -2.34. The molecule has 3 atom stereocenters. The Morgan fingerprint density at radius 1 is 1.10 bits per heavy atom. The number of urea groups is 1. The van der Waals surface area contributed by atoms with Gasteiger partial charge in [-0.15, -0.1) is 0 Å². The van der Waals surface area contributed by atoms with Gasteiger partial charge in [0.15, 0.2) is 0 Å². The van der Waals surface area contributed by atoms with Gasteiger partial charge in [-0.25, -0.2) is 4.79 Å². The van der Waals surface area contributed by atoms with Crippen molar-refractivity contribution in [3.8, 4) is 5.75 Å². The standard InChI is InChI=1S/C30H44N4O6/c1-4-6-13-32(14-7-5-2)27(36)20-34-19-23(21-8-9-25-22(18-21)12-17-40-25)28(29(37)38)24(34)10-15-33-16-11-26(35)31(3)30(33)39/h8-9,18,23-24,28H,4-7,10-17,19-20H2,1-3H3,(H,37,38)/t23-,24+,28-/m1/s1. The number of likely N-dealkylation sites (tertiary alicyclic amines) is 1. The highest BCUT2D eigenvalue weighted by Crippen LogP contribution is 2.41. The molecule has 40 heavy (non-hydrogen) atoms. The van der Waals surface area contributed by atoms with Crippen LogP contribution < -0.4 is 4.74 Å². The fourth-order valence-corrected chi connectivity index (χ4v) is 6.27. The first-order valence-electron chi connectivity index (χ1n) is 14.8. The van der Waals surface area contributed by atoms with E-state index in [2.05, 4.69) is 19.9 Å². The molecule has 3 heterocycles. The van der Waals surface area contributed by atoms with Crippen molar-refractivity contribution in [1.82, 2.24) is 19.6 Å². The van der Waals surface area contributed by atoms with Gasteiger partial charge in [-0.05, 0) is 36.5 Å². The Morgan fingerprint density at radius 2 is 1.82 bits per heavy atom. The number of unbranched alkanes of at least 4 members (excludes halogenated alkanes) is 2. The fourth-order valence-electron chi connectivity index (χ4n) is 6.27. The van der Waals surface area contributed by atoms with E-state index in [0.717, 1.165) is 53.9 Å². The van der Waals surface area contributed by atoms with E-state index in [4.69, 9.17) is 4.74 Å². The summed E-state index contributed by atoms with van der Waals surface area (Å²) in [5, 5.41) is 10.5. The molecule has 0 radical (unpaired) electrons. The van der Waals surface area contributed by atoms with Crippen LogP contribution in [0.5, 0.6) is 5.75 Å². The van der Waals surface area contributed by atoms with Crippen LogP contribution in [0.4, 0.5) is 4.79 Å². The molecule has 0 aliphatic carbocycles. The first-order chi connectivity index (χ1) is 19.2. The van der Waals surface area contributed by atoms with Gasteiger partial charge in [0, 0.05) is 64.6 Å². The van der Waals surface area contributed by atoms with Crippen LogP contribution in [0, 0.1) is 5.92 Å². The van der Waals surface area contributed by atoms with Crippen molar-refractivity contribution in [2.24, 2.45) is 5.92 Å². The smallest absolute Gasteiger partial charge is 0.326 e. The Kier molecular flexibility index (Phi) is 10.1. The maximum atomic E-state index is 13.6. The van der Waals surface area contributed by atoms with Crippen molar-refractivity contribution >= 4 is 23.8 Å². The Bertz CT molecular complexity index is 1090. The number of carbonyl (C=O) groups excluding carboxylic acids is 3. The van der Waals surface area contributed by atoms with Crippen molar-refractivity contribution in [1.29, 1.82) is 0 Å². The van der Waals surface area contributed by atoms with Gasteiger partial charge in [0.2, 0.25) is 11.8 Å². The highest BCUT2D eigenvalue weighted by Gasteiger charge is 2.47. The number of ether oxygens (including phenoxy) is 1. The molecule has 2 fully saturated rings. The third-order valence-corrected chi connectivity index (χ3v) is 8.65. The predicted molar refractivity (Wildman–Crippen MR) is 150 cm³/mol. The number of carbonyl (C=O) groups is 4. The van der Waals surface area contributed by atoms with Gasteiger partial charge in [0.05, 0.1) is 19.1 Å². The summed E-state index contributed by atoms with van der Waals surface area (Å²) in [6.07, 6.45) is 5.31. The van der Waals surface area contributed by atoms with Crippen molar-refractivity contribution in [2.75, 3.05) is 52.9 Å². The zero-order chi connectivity index (χ0) is 28.8. The summed E-state index contributed by atoms with van der Waals surface area (Å²) in [6, 6.07) is 5.16. The van der Waals surface area contributed by atoms with E-state index < -0.39 is 17.9 Å². The van der Waals surface area contributed by atoms with E-state index in [9.17, 15) is 24.3 Å². The molecule has 3 aliphatic rings. The maximum Gasteiger partial charge on any atom is 0.326 e. The van der Waals surface area contributed by atoms with Gasteiger partial charge in [-0.2, -0.15) is 0 Å². The Balaban J connectivity index is 1.58. The Labute approximate surface area is 237 Å². The average molecular weight is 557 g/mol. The third-order valence-electron chi connectivity index (χ3n) is 8.65. The second-order valence-corrected chi connectivity index (χ2v) is 11.3. The van der Waals surface area contributed by atoms with Gasteiger partial charge >= 0.3 is 12.0 Å². The molecule has 0 spiro atoms. The molecular weight excluding hydrogens is 512 g/mol. The largest absolute Gasteiger partial charge is 0.493 e. The molecule has 0 bridgehead atoms. The van der Waals surface area contributed by atoms with Gasteiger partial charge in [0.1, 0.15) is 5.75 Å². The number of carboxylic acid groups (broad SMARTS) is 1. The van der Waals surface area contributed by atoms with Crippen molar-refractivity contribution in [3.63, 3.8) is 0 Å². The summed E-state index contributed by atoms with van der Waals surface area (Å²) in [5.41, 5.74) is 2.04. The molecule has 10 nitrogen and oxygen atoms in total. The highest BCUT2D eigenvalue weighted by atomic mass is 16.5. The van der Waals surface area contributed by atoms with Crippen molar-refractivity contribution < 1.29 is 29.0 Å². The summed E-state index contributed by atoms with van der Waals surface area (Å²) in [7, 11) is 1.48. The van der Waals surface area contributed by atoms with Crippen molar-refractivity contribution in [3.05, 3.63) is 29.3 Å². The first kappa shape index (κ1) is 29.8. The van der Waals surface area contributed by atoms with Crippen LogP contribution in [0.25, 0.3) is 0 Å². The first-order valence-corrected chi connectivity index (χ1v) is 14.8. The van der Waals surface area contributed by atoms with Crippen molar-refractivity contribution in [2.45, 2.75) is 70.8 Å². The predicted octanol–water partition coefficient (Wildman–Crippen LogP) is 3.19. The number of hydrogen-bond donors (Lipinski definition) is 1. The molecule has 0 saturated carbocycles. The quantitative estimate of drug-likeness (QED) is 0.397. The molecule has 4 rings (SSSR count). The lowest BCUT2D eigenvalue weighted by molar-refractivity contribution is -0.144. The normalized spacial score (nSPS) is 22.9. The molecule has 3 aliphatic heterocycles. The number of imide groups is 1. The SMILES string of the molecule is CCCCN(CCCC)C(=O)CN1C[C@H](c2ccc3c(c2)CCO3)[C@@H](C(=O)O)[C@@H]1CCN1CCC(=O)N(C)C1=O. The molecular formula is C30H44N4O6. The molecule has 1 aromatic rings. The number of nitrogens with zero attached hydrogens (tertiary/aromatic N) is 4. The van der Waals surface area contributed by atoms with E-state index in [-0.39, 0.29) is 36.7 Å². The second-order valence-electron chi connectivity index (χ2n) is 11.3. The minimum absolute atomic E-state index is 0.0263. The van der Waals surface area contributed by atoms with Crippen LogP contribution in [-0.2, 0) is 20.8 Å². The Hall–Kier alpha value is -3.14. The third kappa shape index (κ3) is 6.59. The topological polar surface area (TPSA) is 111 Å². The monoisotopic (exact) mass is 556 g/mol. The molecule has 220 valence electrons. The van der Waals surface area contributed by atoms with Crippen LogP contribution in [0.1, 0.15) is 69.4 Å². The zero-order valence-electron chi connectivity index (χ0n) is 24.1. The molecule has 1 aromatic carbocycles. The van der Waals surface area contributed by atoms with E-state index >= 15 is 0 Å². The molecule has 4 amide bonds. The van der Waals surface area contributed by atoms with Crippen LogP contribution >= 0.6 is 0 Å².